The monoisotopic (exact) mass is 314 g/mol. The number of sulfonamides is 1. The Morgan fingerprint density at radius 3 is 2.52 bits per heavy atom. The lowest BCUT2D eigenvalue weighted by Gasteiger charge is -2.37. The molecule has 2 fully saturated rings. The van der Waals surface area contributed by atoms with Gasteiger partial charge in [0.15, 0.2) is 0 Å². The van der Waals surface area contributed by atoms with Gasteiger partial charge in [-0.15, -0.1) is 0 Å². The summed E-state index contributed by atoms with van der Waals surface area (Å²) in [6.45, 7) is 2.01. The zero-order valence-electron chi connectivity index (χ0n) is 12.3. The molecule has 21 heavy (non-hydrogen) atoms. The molecule has 0 unspecified atom stereocenters. The number of hydrogen-bond donors (Lipinski definition) is 1. The Morgan fingerprint density at radius 2 is 2.00 bits per heavy atom. The second-order valence-corrected chi connectivity index (χ2v) is 8.22. The summed E-state index contributed by atoms with van der Waals surface area (Å²) in [5, 5.41) is 18.6. The first-order valence-electron chi connectivity index (χ1n) is 7.45. The number of piperidine rings is 1. The van der Waals surface area contributed by atoms with Gasteiger partial charge in [-0.05, 0) is 32.6 Å². The Morgan fingerprint density at radius 1 is 1.38 bits per heavy atom. The quantitative estimate of drug-likeness (QED) is 0.849. The fourth-order valence-corrected chi connectivity index (χ4v) is 5.89. The van der Waals surface area contributed by atoms with Gasteiger partial charge in [-0.25, -0.2) is 8.42 Å². The number of carbonyl (C=O) groups is 1. The maximum Gasteiger partial charge on any atom is 0.308 e. The summed E-state index contributed by atoms with van der Waals surface area (Å²) in [6.07, 6.45) is 4.07. The molecule has 1 saturated heterocycles. The fraction of sp³-hybridized carbons (Fsp3) is 0.857. The molecule has 1 aliphatic carbocycles. The molecule has 0 amide bonds. The van der Waals surface area contributed by atoms with Crippen molar-refractivity contribution in [2.45, 2.75) is 51.5 Å². The number of nitrogens with zero attached hydrogens (tertiary/aromatic N) is 2. The van der Waals surface area contributed by atoms with Crippen molar-refractivity contribution in [1.82, 2.24) is 4.31 Å². The maximum atomic E-state index is 12.7. The average molecular weight is 314 g/mol. The van der Waals surface area contributed by atoms with Crippen molar-refractivity contribution >= 4 is 16.0 Å². The Labute approximate surface area is 125 Å². The molecule has 118 valence electrons. The smallest absolute Gasteiger partial charge is 0.308 e. The van der Waals surface area contributed by atoms with E-state index in [9.17, 15) is 23.6 Å². The van der Waals surface area contributed by atoms with E-state index in [1.54, 1.807) is 6.92 Å². The summed E-state index contributed by atoms with van der Waals surface area (Å²) < 4.78 is 26.6. The van der Waals surface area contributed by atoms with Gasteiger partial charge in [0.1, 0.15) is 0 Å². The van der Waals surface area contributed by atoms with Crippen LogP contribution in [0.4, 0.5) is 0 Å². The Kier molecular flexibility index (Phi) is 4.59. The van der Waals surface area contributed by atoms with Crippen LogP contribution in [0.3, 0.4) is 0 Å². The largest absolute Gasteiger partial charge is 0.481 e. The van der Waals surface area contributed by atoms with Gasteiger partial charge in [0.05, 0.1) is 23.2 Å². The molecule has 7 heteroatoms. The summed E-state index contributed by atoms with van der Waals surface area (Å²) in [5.74, 6) is -1.78. The van der Waals surface area contributed by atoms with E-state index in [1.165, 1.54) is 4.31 Å². The van der Waals surface area contributed by atoms with E-state index in [-0.39, 0.29) is 5.75 Å². The minimum absolute atomic E-state index is 0.173. The Hall–Kier alpha value is -1.13. The highest BCUT2D eigenvalue weighted by molar-refractivity contribution is 7.89. The number of rotatable bonds is 4. The van der Waals surface area contributed by atoms with Gasteiger partial charge in [0, 0.05) is 12.6 Å². The van der Waals surface area contributed by atoms with E-state index in [0.717, 1.165) is 12.8 Å². The van der Waals surface area contributed by atoms with Crippen LogP contribution in [0.15, 0.2) is 0 Å². The van der Waals surface area contributed by atoms with Crippen LogP contribution in [0.1, 0.15) is 45.4 Å². The third-order valence-corrected chi connectivity index (χ3v) is 7.01. The molecule has 1 aliphatic heterocycles. The van der Waals surface area contributed by atoms with Crippen LogP contribution in [-0.2, 0) is 14.8 Å². The third-order valence-electron chi connectivity index (χ3n) is 4.86. The minimum Gasteiger partial charge on any atom is -0.481 e. The molecule has 1 heterocycles. The molecule has 0 aromatic heterocycles. The van der Waals surface area contributed by atoms with E-state index >= 15 is 0 Å². The lowest BCUT2D eigenvalue weighted by atomic mass is 9.91. The topological polar surface area (TPSA) is 98.5 Å². The molecule has 0 aromatic carbocycles. The maximum absolute atomic E-state index is 12.7. The lowest BCUT2D eigenvalue weighted by Crippen LogP contribution is -2.51. The number of hydrogen-bond acceptors (Lipinski definition) is 4. The first kappa shape index (κ1) is 16.2. The van der Waals surface area contributed by atoms with Gasteiger partial charge < -0.3 is 5.11 Å². The number of carboxylic acid groups (broad SMARTS) is 1. The summed E-state index contributed by atoms with van der Waals surface area (Å²) in [4.78, 5) is 11.2. The second kappa shape index (κ2) is 5.93. The van der Waals surface area contributed by atoms with Crippen LogP contribution in [-0.4, -0.2) is 42.1 Å². The molecule has 0 radical (unpaired) electrons. The van der Waals surface area contributed by atoms with Crippen LogP contribution < -0.4 is 0 Å². The molecule has 2 rings (SSSR count). The highest BCUT2D eigenvalue weighted by Gasteiger charge is 2.44. The molecular formula is C14H22N2O4S. The summed E-state index contributed by atoms with van der Waals surface area (Å²) >= 11 is 0. The molecular weight excluding hydrogens is 292 g/mol. The normalized spacial score (nSPS) is 29.9. The van der Waals surface area contributed by atoms with E-state index in [4.69, 9.17) is 0 Å². The predicted molar refractivity (Wildman–Crippen MR) is 76.8 cm³/mol. The third kappa shape index (κ3) is 3.22. The van der Waals surface area contributed by atoms with Gasteiger partial charge in [-0.3, -0.25) is 4.79 Å². The van der Waals surface area contributed by atoms with Crippen molar-refractivity contribution in [3.05, 3.63) is 0 Å². The molecule has 2 atom stereocenters. The molecule has 1 N–H and O–H groups in total. The van der Waals surface area contributed by atoms with Gasteiger partial charge in [-0.1, -0.05) is 12.8 Å². The molecule has 0 spiro atoms. The number of nitriles is 1. The van der Waals surface area contributed by atoms with E-state index in [2.05, 4.69) is 6.07 Å². The second-order valence-electron chi connectivity index (χ2n) is 6.29. The Balaban J connectivity index is 2.19. The van der Waals surface area contributed by atoms with Crippen LogP contribution in [0.25, 0.3) is 0 Å². The first-order valence-corrected chi connectivity index (χ1v) is 9.06. The predicted octanol–water partition coefficient (Wildman–Crippen LogP) is 1.59. The van der Waals surface area contributed by atoms with Crippen LogP contribution in [0.2, 0.25) is 0 Å². The summed E-state index contributed by atoms with van der Waals surface area (Å²) in [5.41, 5.74) is -0.783. The molecule has 0 bridgehead atoms. The van der Waals surface area contributed by atoms with Crippen LogP contribution in [0.5, 0.6) is 0 Å². The fourth-order valence-electron chi connectivity index (χ4n) is 3.61. The van der Waals surface area contributed by atoms with Gasteiger partial charge >= 0.3 is 5.97 Å². The van der Waals surface area contributed by atoms with Crippen molar-refractivity contribution in [2.24, 2.45) is 11.3 Å². The summed E-state index contributed by atoms with van der Waals surface area (Å²) in [6, 6.07) is 1.66. The standard InChI is InChI=1S/C14H22N2O4S/c1-11-12(13(17)18)5-4-8-16(11)21(19,20)10-14(9-15)6-2-3-7-14/h11-12H,2-8,10H2,1H3,(H,17,18)/t11-,12-/m1/s1. The van der Waals surface area contributed by atoms with Crippen molar-refractivity contribution < 1.29 is 18.3 Å². The van der Waals surface area contributed by atoms with E-state index in [0.29, 0.717) is 32.2 Å². The van der Waals surface area contributed by atoms with Crippen molar-refractivity contribution in [3.63, 3.8) is 0 Å². The Bertz CT molecular complexity index is 546. The van der Waals surface area contributed by atoms with E-state index < -0.39 is 33.4 Å². The molecule has 6 nitrogen and oxygen atoms in total. The zero-order valence-corrected chi connectivity index (χ0v) is 13.1. The zero-order chi connectivity index (χ0) is 15.7. The van der Waals surface area contributed by atoms with E-state index in [1.807, 2.05) is 0 Å². The van der Waals surface area contributed by atoms with Crippen molar-refractivity contribution in [2.75, 3.05) is 12.3 Å². The van der Waals surface area contributed by atoms with Gasteiger partial charge in [0.25, 0.3) is 0 Å². The van der Waals surface area contributed by atoms with Gasteiger partial charge in [0.2, 0.25) is 10.0 Å². The highest BCUT2D eigenvalue weighted by atomic mass is 32.2. The van der Waals surface area contributed by atoms with Crippen LogP contribution >= 0.6 is 0 Å². The average Bonchev–Trinajstić information content (AvgIpc) is 2.86. The number of aliphatic carboxylic acids is 1. The van der Waals surface area contributed by atoms with Crippen molar-refractivity contribution in [1.29, 1.82) is 5.26 Å². The molecule has 2 aliphatic rings. The highest BCUT2D eigenvalue weighted by Crippen LogP contribution is 2.40. The first-order chi connectivity index (χ1) is 9.81. The number of carboxylic acids is 1. The molecule has 0 aromatic rings. The SMILES string of the molecule is C[C@@H]1[C@H](C(=O)O)CCCN1S(=O)(=O)CC1(C#N)CCCC1. The minimum atomic E-state index is -3.61. The lowest BCUT2D eigenvalue weighted by molar-refractivity contribution is -0.144. The summed E-state index contributed by atoms with van der Waals surface area (Å²) in [7, 11) is -3.61. The van der Waals surface area contributed by atoms with Crippen molar-refractivity contribution in [3.8, 4) is 6.07 Å². The molecule has 1 saturated carbocycles. The van der Waals surface area contributed by atoms with Gasteiger partial charge in [-0.2, -0.15) is 9.57 Å². The van der Waals surface area contributed by atoms with Crippen LogP contribution in [0, 0.1) is 22.7 Å².